The first-order valence-corrected chi connectivity index (χ1v) is 1.22. The maximum atomic E-state index is 7.98. The monoisotopic (exact) mass is 71.0 g/mol. The summed E-state index contributed by atoms with van der Waals surface area (Å²) in [5.41, 5.74) is 0. The minimum absolute atomic E-state index is 0.0787. The van der Waals surface area contributed by atoms with Gasteiger partial charge in [0.25, 0.3) is 0 Å². The molecule has 2 N–H and O–H groups in total. The fraction of sp³-hybridized carbons (Fsp3) is 0.333. The molecule has 2 heteroatoms. The van der Waals surface area contributed by atoms with Crippen molar-refractivity contribution in [3.05, 3.63) is 5.76 Å². The van der Waals surface area contributed by atoms with Crippen LogP contribution in [0.3, 0.4) is 0 Å². The average molecular weight is 71.1 g/mol. The molecule has 5 heavy (non-hydrogen) atoms. The van der Waals surface area contributed by atoms with E-state index >= 15 is 0 Å². The Kier molecular flexibility index (Phi) is 1.32. The van der Waals surface area contributed by atoms with Gasteiger partial charge in [0.15, 0.2) is 0 Å². The fourth-order valence-corrected chi connectivity index (χ4v) is 0. The van der Waals surface area contributed by atoms with Crippen molar-refractivity contribution in [3.8, 4) is 0 Å². The number of allylic oxidation sites excluding steroid dienone is 1. The van der Waals surface area contributed by atoms with Gasteiger partial charge in [-0.15, -0.1) is 0 Å². The number of aliphatic hydroxyl groups excluding tert-OH is 1. The van der Waals surface area contributed by atoms with Crippen LogP contribution in [0.2, 0.25) is 0 Å². The average Bonchev–Trinajstić information content (AvgIpc) is 1.38. The van der Waals surface area contributed by atoms with E-state index in [1.807, 2.05) is 0 Å². The van der Waals surface area contributed by atoms with Crippen molar-refractivity contribution in [1.29, 1.82) is 5.41 Å². The Morgan fingerprint density at radius 2 is 2.20 bits per heavy atom. The van der Waals surface area contributed by atoms with Crippen molar-refractivity contribution < 1.29 is 5.11 Å². The normalized spacial score (nSPS) is 5.80. The van der Waals surface area contributed by atoms with E-state index in [2.05, 4.69) is 0 Å². The van der Waals surface area contributed by atoms with Gasteiger partial charge in [-0.25, -0.2) is 0 Å². The molecule has 0 aromatic rings. The molecule has 0 aliphatic carbocycles. The van der Waals surface area contributed by atoms with E-state index in [9.17, 15) is 0 Å². The largest absolute Gasteiger partial charge is 0.503 e. The number of hydrogen-bond acceptors (Lipinski definition) is 2. The minimum atomic E-state index is -0.0787. The second-order valence-corrected chi connectivity index (χ2v) is 0.710. The van der Waals surface area contributed by atoms with Gasteiger partial charge in [-0.3, -0.25) is 5.41 Å². The van der Waals surface area contributed by atoms with Crippen molar-refractivity contribution in [2.24, 2.45) is 0 Å². The summed E-state index contributed by atoms with van der Waals surface area (Å²) in [7, 11) is 0. The Morgan fingerprint density at radius 1 is 2.00 bits per heavy atom. The van der Waals surface area contributed by atoms with E-state index in [0.29, 0.717) is 0 Å². The van der Waals surface area contributed by atoms with Crippen LogP contribution in [0.25, 0.3) is 0 Å². The quantitative estimate of drug-likeness (QED) is 0.320. The highest BCUT2D eigenvalue weighted by molar-refractivity contribution is 5.49. The van der Waals surface area contributed by atoms with Gasteiger partial charge in [0.1, 0.15) is 5.76 Å². The zero-order valence-corrected chi connectivity index (χ0v) is 2.95. The molecule has 0 amide bonds. The molecule has 0 rings (SSSR count). The van der Waals surface area contributed by atoms with Gasteiger partial charge in [-0.05, 0) is 0 Å². The van der Waals surface area contributed by atoms with Crippen LogP contribution in [0.1, 0.15) is 6.92 Å². The number of rotatable bonds is 0. The van der Waals surface area contributed by atoms with Gasteiger partial charge < -0.3 is 5.11 Å². The third-order valence-corrected chi connectivity index (χ3v) is 0.181. The van der Waals surface area contributed by atoms with Gasteiger partial charge in [-0.2, -0.15) is 0 Å². The van der Waals surface area contributed by atoms with E-state index < -0.39 is 0 Å². The second kappa shape index (κ2) is 1.56. The summed E-state index contributed by atoms with van der Waals surface area (Å²) < 4.78 is 0. The molecule has 0 aromatic heterocycles. The zero-order valence-electron chi connectivity index (χ0n) is 2.95. The van der Waals surface area contributed by atoms with Gasteiger partial charge in [0, 0.05) is 12.8 Å². The van der Waals surface area contributed by atoms with Crippen molar-refractivity contribution in [3.63, 3.8) is 0 Å². The molecule has 0 fully saturated rings. The topological polar surface area (TPSA) is 44.1 Å². The summed E-state index contributed by atoms with van der Waals surface area (Å²) in [4.78, 5) is 0. The van der Waals surface area contributed by atoms with Crippen molar-refractivity contribution >= 4 is 5.87 Å². The first kappa shape index (κ1) is 4.25. The molecule has 0 heterocycles. The Hall–Kier alpha value is -0.750. The van der Waals surface area contributed by atoms with Gasteiger partial charge in [0.2, 0.25) is 0 Å². The van der Waals surface area contributed by atoms with E-state index in [4.69, 9.17) is 10.5 Å². The van der Waals surface area contributed by atoms with E-state index in [1.165, 1.54) is 6.92 Å². The molecule has 2 nitrogen and oxygen atoms in total. The molecule has 0 saturated heterocycles. The van der Waals surface area contributed by atoms with Crippen molar-refractivity contribution in [2.45, 2.75) is 6.92 Å². The summed E-state index contributed by atoms with van der Waals surface area (Å²) in [5, 5.41) is 14.1. The molecular formula is C3H5NO. The van der Waals surface area contributed by atoms with Crippen LogP contribution in [0.4, 0.5) is 0 Å². The van der Waals surface area contributed by atoms with Crippen LogP contribution in [-0.4, -0.2) is 11.0 Å². The van der Waals surface area contributed by atoms with Crippen LogP contribution >= 0.6 is 0 Å². The Bertz CT molecular complexity index is 67.0. The van der Waals surface area contributed by atoms with Crippen molar-refractivity contribution in [1.82, 2.24) is 0 Å². The summed E-state index contributed by atoms with van der Waals surface area (Å²) in [6, 6.07) is 0. The molecule has 0 aliphatic heterocycles. The molecule has 0 radical (unpaired) electrons. The lowest BCUT2D eigenvalue weighted by Crippen LogP contribution is -1.63. The first-order valence-electron chi connectivity index (χ1n) is 1.22. The standard InChI is InChI=1S/C3H5NO/c1-3(5)2-4/h4-5H,1H3. The predicted molar refractivity (Wildman–Crippen MR) is 19.5 cm³/mol. The first-order chi connectivity index (χ1) is 2.27. The molecule has 28 valence electrons. The van der Waals surface area contributed by atoms with Gasteiger partial charge in [0.05, 0.1) is 0 Å². The molecule has 0 bridgehead atoms. The van der Waals surface area contributed by atoms with Crippen LogP contribution in [-0.2, 0) is 0 Å². The number of aliphatic hydroxyl groups is 1. The third-order valence-electron chi connectivity index (χ3n) is 0.181. The molecular weight excluding hydrogens is 66.0 g/mol. The minimum Gasteiger partial charge on any atom is -0.503 e. The summed E-state index contributed by atoms with van der Waals surface area (Å²) in [6.07, 6.45) is 0. The van der Waals surface area contributed by atoms with Crippen molar-refractivity contribution in [2.75, 3.05) is 0 Å². The van der Waals surface area contributed by atoms with Gasteiger partial charge in [-0.1, -0.05) is 0 Å². The van der Waals surface area contributed by atoms with E-state index in [1.54, 1.807) is 5.87 Å². The summed E-state index contributed by atoms with van der Waals surface area (Å²) in [6.45, 7) is 1.40. The lowest BCUT2D eigenvalue weighted by molar-refractivity contribution is 0.423. The highest BCUT2D eigenvalue weighted by Gasteiger charge is 1.62. The van der Waals surface area contributed by atoms with Crippen LogP contribution in [0, 0.1) is 5.41 Å². The molecule has 0 unspecified atom stereocenters. The summed E-state index contributed by atoms with van der Waals surface area (Å²) in [5.74, 6) is 1.67. The fourth-order valence-electron chi connectivity index (χ4n) is 0. The number of hydrogen-bond donors (Lipinski definition) is 2. The van der Waals surface area contributed by atoms with E-state index in [-0.39, 0.29) is 5.76 Å². The molecule has 0 saturated carbocycles. The van der Waals surface area contributed by atoms with Crippen LogP contribution in [0.5, 0.6) is 0 Å². The van der Waals surface area contributed by atoms with Crippen LogP contribution in [0.15, 0.2) is 5.76 Å². The summed E-state index contributed by atoms with van der Waals surface area (Å²) >= 11 is 0. The lowest BCUT2D eigenvalue weighted by Gasteiger charge is -1.67. The number of nitrogens with one attached hydrogen (secondary N) is 1. The van der Waals surface area contributed by atoms with Gasteiger partial charge >= 0.3 is 0 Å². The molecule has 0 aliphatic rings. The Balaban J connectivity index is 3.60. The predicted octanol–water partition coefficient (Wildman–Crippen LogP) is 0.697. The third kappa shape index (κ3) is 3.25. The Labute approximate surface area is 30.3 Å². The Morgan fingerprint density at radius 3 is 2.20 bits per heavy atom. The zero-order chi connectivity index (χ0) is 4.28. The lowest BCUT2D eigenvalue weighted by atomic mass is 10.7. The molecule has 0 atom stereocenters. The SMILES string of the molecule is CC(O)=C=N. The smallest absolute Gasteiger partial charge is 0.150 e. The van der Waals surface area contributed by atoms with E-state index in [0.717, 1.165) is 0 Å². The molecule has 0 spiro atoms. The maximum Gasteiger partial charge on any atom is 0.150 e. The highest BCUT2D eigenvalue weighted by Crippen LogP contribution is 1.65. The highest BCUT2D eigenvalue weighted by atomic mass is 16.3. The maximum absolute atomic E-state index is 7.98. The van der Waals surface area contributed by atoms with Crippen LogP contribution < -0.4 is 0 Å². The molecule has 0 aromatic carbocycles. The second-order valence-electron chi connectivity index (χ2n) is 0.710.